The second-order valence-corrected chi connectivity index (χ2v) is 5.87. The summed E-state index contributed by atoms with van der Waals surface area (Å²) in [5, 5.41) is 0. The first-order valence-corrected chi connectivity index (χ1v) is 7.09. The van der Waals surface area contributed by atoms with E-state index in [1.165, 1.54) is 37.9 Å². The molecule has 1 saturated heterocycles. The maximum Gasteiger partial charge on any atom is 0.254 e. The molecule has 2 fully saturated rings. The molecule has 0 N–H and O–H groups in total. The Morgan fingerprint density at radius 3 is 2.53 bits per heavy atom. The van der Waals surface area contributed by atoms with Crippen LogP contribution in [0.1, 0.15) is 48.9 Å². The molecule has 4 heteroatoms. The molecule has 0 atom stereocenters. The molecule has 3 nitrogen and oxygen atoms in total. The maximum atomic E-state index is 13.1. The number of halogens is 1. The van der Waals surface area contributed by atoms with E-state index in [0.29, 0.717) is 11.0 Å². The topological polar surface area (TPSA) is 33.2 Å². The Bertz CT molecular complexity index is 473. The first kappa shape index (κ1) is 12.6. The standard InChI is InChI=1S/C15H19FN2O/c16-13-11-12(3-8-17-13)14(19)18-9-6-15(7-10-18)4-1-2-5-15/h3,8,11H,1-2,4-7,9-10H2. The van der Waals surface area contributed by atoms with Crippen molar-refractivity contribution in [1.29, 1.82) is 0 Å². The molecule has 2 heterocycles. The third kappa shape index (κ3) is 2.48. The Kier molecular flexibility index (Phi) is 3.25. The van der Waals surface area contributed by atoms with Crippen molar-refractivity contribution in [2.75, 3.05) is 13.1 Å². The summed E-state index contributed by atoms with van der Waals surface area (Å²) in [6, 6.07) is 2.81. The van der Waals surface area contributed by atoms with Crippen LogP contribution in [0.3, 0.4) is 0 Å². The van der Waals surface area contributed by atoms with Gasteiger partial charge in [0.15, 0.2) is 0 Å². The molecule has 0 unspecified atom stereocenters. The van der Waals surface area contributed by atoms with Gasteiger partial charge in [-0.3, -0.25) is 4.79 Å². The average Bonchev–Trinajstić information content (AvgIpc) is 2.87. The Balaban J connectivity index is 1.66. The first-order valence-electron chi connectivity index (χ1n) is 7.09. The van der Waals surface area contributed by atoms with Crippen molar-refractivity contribution >= 4 is 5.91 Å². The van der Waals surface area contributed by atoms with Gasteiger partial charge in [0, 0.05) is 30.9 Å². The van der Waals surface area contributed by atoms with Gasteiger partial charge in [-0.15, -0.1) is 0 Å². The average molecular weight is 262 g/mol. The minimum absolute atomic E-state index is 0.0610. The van der Waals surface area contributed by atoms with Gasteiger partial charge < -0.3 is 4.90 Å². The zero-order chi connectivity index (χ0) is 13.3. The van der Waals surface area contributed by atoms with Crippen LogP contribution in [0.4, 0.5) is 4.39 Å². The van der Waals surface area contributed by atoms with Gasteiger partial charge in [0.25, 0.3) is 5.91 Å². The summed E-state index contributed by atoms with van der Waals surface area (Å²) in [7, 11) is 0. The number of rotatable bonds is 1. The van der Waals surface area contributed by atoms with Crippen LogP contribution in [-0.4, -0.2) is 28.9 Å². The third-order valence-electron chi connectivity index (χ3n) is 4.75. The van der Waals surface area contributed by atoms with Crippen LogP contribution in [0.5, 0.6) is 0 Å². The molecule has 1 aliphatic carbocycles. The van der Waals surface area contributed by atoms with Crippen molar-refractivity contribution < 1.29 is 9.18 Å². The third-order valence-corrected chi connectivity index (χ3v) is 4.75. The fraction of sp³-hybridized carbons (Fsp3) is 0.600. The Labute approximate surface area is 112 Å². The minimum Gasteiger partial charge on any atom is -0.339 e. The van der Waals surface area contributed by atoms with Gasteiger partial charge in [-0.2, -0.15) is 4.39 Å². The van der Waals surface area contributed by atoms with Gasteiger partial charge in [-0.05, 0) is 37.2 Å². The SMILES string of the molecule is O=C(c1ccnc(F)c1)N1CCC2(CCCC2)CC1. The summed E-state index contributed by atoms with van der Waals surface area (Å²) in [4.78, 5) is 17.6. The van der Waals surface area contributed by atoms with Crippen LogP contribution >= 0.6 is 0 Å². The lowest BCUT2D eigenvalue weighted by Gasteiger charge is -2.39. The zero-order valence-corrected chi connectivity index (χ0v) is 11.1. The number of amides is 1. The molecule has 1 saturated carbocycles. The summed E-state index contributed by atoms with van der Waals surface area (Å²) >= 11 is 0. The largest absolute Gasteiger partial charge is 0.339 e. The molecule has 3 rings (SSSR count). The van der Waals surface area contributed by atoms with E-state index in [0.717, 1.165) is 25.9 Å². The molecular formula is C15H19FN2O. The number of hydrogen-bond donors (Lipinski definition) is 0. The van der Waals surface area contributed by atoms with E-state index in [-0.39, 0.29) is 5.91 Å². The van der Waals surface area contributed by atoms with Crippen molar-refractivity contribution in [1.82, 2.24) is 9.88 Å². The molecule has 1 aromatic heterocycles. The van der Waals surface area contributed by atoms with E-state index in [9.17, 15) is 9.18 Å². The summed E-state index contributed by atoms with van der Waals surface area (Å²) in [6.45, 7) is 1.62. The lowest BCUT2D eigenvalue weighted by atomic mass is 9.77. The summed E-state index contributed by atoms with van der Waals surface area (Å²) in [6.07, 6.45) is 8.87. The van der Waals surface area contributed by atoms with Crippen molar-refractivity contribution in [3.8, 4) is 0 Å². The monoisotopic (exact) mass is 262 g/mol. The molecule has 102 valence electrons. The zero-order valence-electron chi connectivity index (χ0n) is 11.1. The molecular weight excluding hydrogens is 243 g/mol. The fourth-order valence-electron chi connectivity index (χ4n) is 3.53. The van der Waals surface area contributed by atoms with Crippen LogP contribution in [0, 0.1) is 11.4 Å². The number of aromatic nitrogens is 1. The molecule has 1 aromatic rings. The van der Waals surface area contributed by atoms with Gasteiger partial charge in [0.05, 0.1) is 0 Å². The molecule has 2 aliphatic rings. The highest BCUT2D eigenvalue weighted by atomic mass is 19.1. The van der Waals surface area contributed by atoms with Gasteiger partial charge in [0.1, 0.15) is 0 Å². The summed E-state index contributed by atoms with van der Waals surface area (Å²) < 4.78 is 13.1. The van der Waals surface area contributed by atoms with Crippen molar-refractivity contribution in [3.63, 3.8) is 0 Å². The second kappa shape index (κ2) is 4.91. The molecule has 0 aromatic carbocycles. The van der Waals surface area contributed by atoms with Gasteiger partial charge in [0.2, 0.25) is 5.95 Å². The quantitative estimate of drug-likeness (QED) is 0.729. The highest BCUT2D eigenvalue weighted by molar-refractivity contribution is 5.94. The number of carbonyl (C=O) groups excluding carboxylic acids is 1. The number of hydrogen-bond acceptors (Lipinski definition) is 2. The van der Waals surface area contributed by atoms with E-state index < -0.39 is 5.95 Å². The minimum atomic E-state index is -0.588. The van der Waals surface area contributed by atoms with Gasteiger partial charge >= 0.3 is 0 Å². The summed E-state index contributed by atoms with van der Waals surface area (Å²) in [5.41, 5.74) is 0.912. The van der Waals surface area contributed by atoms with Crippen LogP contribution in [-0.2, 0) is 0 Å². The van der Waals surface area contributed by atoms with E-state index >= 15 is 0 Å². The van der Waals surface area contributed by atoms with Crippen LogP contribution in [0.25, 0.3) is 0 Å². The number of nitrogens with zero attached hydrogens (tertiary/aromatic N) is 2. The molecule has 0 bridgehead atoms. The van der Waals surface area contributed by atoms with E-state index in [1.807, 2.05) is 4.90 Å². The summed E-state index contributed by atoms with van der Waals surface area (Å²) in [5.74, 6) is -0.649. The van der Waals surface area contributed by atoms with E-state index in [1.54, 1.807) is 6.07 Å². The predicted octanol–water partition coefficient (Wildman–Crippen LogP) is 3.02. The van der Waals surface area contributed by atoms with Crippen LogP contribution in [0.15, 0.2) is 18.3 Å². The van der Waals surface area contributed by atoms with Crippen molar-refractivity contribution in [3.05, 3.63) is 29.8 Å². The van der Waals surface area contributed by atoms with Crippen LogP contribution < -0.4 is 0 Å². The molecule has 1 spiro atoms. The molecule has 19 heavy (non-hydrogen) atoms. The van der Waals surface area contributed by atoms with Crippen LogP contribution in [0.2, 0.25) is 0 Å². The number of likely N-dealkylation sites (tertiary alicyclic amines) is 1. The van der Waals surface area contributed by atoms with E-state index in [4.69, 9.17) is 0 Å². The fourth-order valence-corrected chi connectivity index (χ4v) is 3.53. The maximum absolute atomic E-state index is 13.1. The molecule has 1 aliphatic heterocycles. The van der Waals surface area contributed by atoms with Crippen molar-refractivity contribution in [2.24, 2.45) is 5.41 Å². The normalized spacial score (nSPS) is 21.8. The Hall–Kier alpha value is -1.45. The first-order chi connectivity index (χ1) is 9.19. The Morgan fingerprint density at radius 1 is 1.21 bits per heavy atom. The van der Waals surface area contributed by atoms with Gasteiger partial charge in [-0.1, -0.05) is 12.8 Å². The molecule has 1 amide bonds. The highest BCUT2D eigenvalue weighted by Gasteiger charge is 2.38. The predicted molar refractivity (Wildman–Crippen MR) is 70.2 cm³/mol. The lowest BCUT2D eigenvalue weighted by Crippen LogP contribution is -2.42. The number of carbonyl (C=O) groups is 1. The number of pyridine rings is 1. The highest BCUT2D eigenvalue weighted by Crippen LogP contribution is 2.46. The number of piperidine rings is 1. The second-order valence-electron chi connectivity index (χ2n) is 5.87. The van der Waals surface area contributed by atoms with Crippen molar-refractivity contribution in [2.45, 2.75) is 38.5 Å². The lowest BCUT2D eigenvalue weighted by molar-refractivity contribution is 0.0587. The Morgan fingerprint density at radius 2 is 1.89 bits per heavy atom. The van der Waals surface area contributed by atoms with Gasteiger partial charge in [-0.25, -0.2) is 4.98 Å². The molecule has 0 radical (unpaired) electrons. The van der Waals surface area contributed by atoms with E-state index in [2.05, 4.69) is 4.98 Å². The smallest absolute Gasteiger partial charge is 0.254 e.